The summed E-state index contributed by atoms with van der Waals surface area (Å²) in [6, 6.07) is 0. The minimum atomic E-state index is -2.77. The zero-order chi connectivity index (χ0) is 9.07. The van der Waals surface area contributed by atoms with Crippen LogP contribution in [0.4, 0.5) is 0 Å². The number of hydrogen-bond donors (Lipinski definition) is 2. The molecule has 0 aliphatic rings. The van der Waals surface area contributed by atoms with Gasteiger partial charge in [-0.3, -0.25) is 9.59 Å². The Morgan fingerprint density at radius 2 is 2.50 bits per heavy atom. The summed E-state index contributed by atoms with van der Waals surface area (Å²) < 4.78 is 19.5. The topological polar surface area (TPSA) is 66.4 Å². The predicted octanol–water partition coefficient (Wildman–Crippen LogP) is -0.793. The molecule has 0 bridgehead atoms. The first-order valence-corrected chi connectivity index (χ1v) is 1.84. The first kappa shape index (κ1) is 3.06. The van der Waals surface area contributed by atoms with Gasteiger partial charge in [0.05, 0.1) is 0 Å². The van der Waals surface area contributed by atoms with E-state index in [1.54, 1.807) is 5.32 Å². The van der Waals surface area contributed by atoms with Crippen molar-refractivity contribution in [3.63, 3.8) is 0 Å². The van der Waals surface area contributed by atoms with Gasteiger partial charge in [-0.2, -0.15) is 0 Å². The summed E-state index contributed by atoms with van der Waals surface area (Å²) in [5, 5.41) is 9.75. The lowest BCUT2D eigenvalue weighted by molar-refractivity contribution is -0.137. The van der Waals surface area contributed by atoms with Gasteiger partial charge < -0.3 is 10.4 Å². The molecule has 8 heavy (non-hydrogen) atoms. The molecule has 0 aliphatic carbocycles. The highest BCUT2D eigenvalue weighted by Crippen LogP contribution is 1.60. The molecule has 46 valence electrons. The monoisotopic (exact) mass is 120 g/mol. The number of amides is 1. The average molecular weight is 120 g/mol. The Labute approximate surface area is 50.7 Å². The van der Waals surface area contributed by atoms with Crippen LogP contribution in [0, 0.1) is 0 Å². The lowest BCUT2D eigenvalue weighted by Gasteiger charge is -1.92. The summed E-state index contributed by atoms with van der Waals surface area (Å²) >= 11 is 0. The van der Waals surface area contributed by atoms with E-state index in [0.29, 0.717) is 0 Å². The lowest BCUT2D eigenvalue weighted by Crippen LogP contribution is -2.26. The molecule has 4 nitrogen and oxygen atoms in total. The third-order valence-corrected chi connectivity index (χ3v) is 0.400. The Morgan fingerprint density at radius 3 is 2.88 bits per heavy atom. The summed E-state index contributed by atoms with van der Waals surface area (Å²) in [6.45, 7) is -3.44. The van der Waals surface area contributed by atoms with Crippen LogP contribution in [-0.2, 0) is 9.59 Å². The number of aliphatic carboxylic acids is 1. The number of carbonyl (C=O) groups excluding carboxylic acids is 1. The van der Waals surface area contributed by atoms with E-state index in [0.717, 1.165) is 0 Å². The molecule has 0 spiro atoms. The quantitative estimate of drug-likeness (QED) is 0.501. The van der Waals surface area contributed by atoms with E-state index in [1.807, 2.05) is 0 Å². The minimum absolute atomic E-state index is 0.669. The van der Waals surface area contributed by atoms with E-state index in [2.05, 4.69) is 0 Å². The van der Waals surface area contributed by atoms with E-state index in [9.17, 15) is 9.59 Å². The summed E-state index contributed by atoms with van der Waals surface area (Å²) in [7, 11) is 0. The fourth-order valence-electron chi connectivity index (χ4n) is 0.156. The SMILES string of the molecule is [2H]C([2H])([2H])C(=O)NCC(=O)O. The molecule has 0 fully saturated rings. The second kappa shape index (κ2) is 3.01. The zero-order valence-electron chi connectivity index (χ0n) is 6.97. The number of rotatable bonds is 2. The Balaban J connectivity index is 3.80. The van der Waals surface area contributed by atoms with Gasteiger partial charge in [0, 0.05) is 11.0 Å². The number of nitrogens with one attached hydrogen (secondary N) is 1. The largest absolute Gasteiger partial charge is 0.480 e. The lowest BCUT2D eigenvalue weighted by atomic mass is 10.6. The van der Waals surface area contributed by atoms with Crippen molar-refractivity contribution in [2.45, 2.75) is 6.85 Å². The Morgan fingerprint density at radius 1 is 1.88 bits per heavy atom. The van der Waals surface area contributed by atoms with E-state index in [1.165, 1.54) is 0 Å². The van der Waals surface area contributed by atoms with Gasteiger partial charge in [0.25, 0.3) is 0 Å². The van der Waals surface area contributed by atoms with E-state index in [-0.39, 0.29) is 0 Å². The van der Waals surface area contributed by atoms with Gasteiger partial charge in [-0.15, -0.1) is 0 Å². The van der Waals surface area contributed by atoms with Crippen LogP contribution in [-0.4, -0.2) is 23.5 Å². The third kappa shape index (κ3) is 4.94. The van der Waals surface area contributed by atoms with Crippen molar-refractivity contribution in [3.8, 4) is 0 Å². The molecular weight excluding hydrogens is 110 g/mol. The van der Waals surface area contributed by atoms with Crippen molar-refractivity contribution in [3.05, 3.63) is 0 Å². The molecule has 0 aromatic carbocycles. The molecule has 0 aromatic rings. The highest BCUT2D eigenvalue weighted by atomic mass is 16.4. The molecular formula is C4H7NO3. The molecule has 4 heteroatoms. The van der Waals surface area contributed by atoms with Gasteiger partial charge in [-0.1, -0.05) is 0 Å². The van der Waals surface area contributed by atoms with Crippen LogP contribution in [0.1, 0.15) is 11.0 Å². The highest BCUT2D eigenvalue weighted by Gasteiger charge is 1.94. The van der Waals surface area contributed by atoms with Gasteiger partial charge in [0.1, 0.15) is 6.54 Å². The van der Waals surface area contributed by atoms with Crippen molar-refractivity contribution in [1.82, 2.24) is 5.32 Å². The van der Waals surface area contributed by atoms with Crippen LogP contribution in [0.3, 0.4) is 0 Å². The van der Waals surface area contributed by atoms with Crippen molar-refractivity contribution in [1.29, 1.82) is 0 Å². The highest BCUT2D eigenvalue weighted by molar-refractivity contribution is 5.79. The molecule has 1 amide bonds. The zero-order valence-corrected chi connectivity index (χ0v) is 3.97. The fraction of sp³-hybridized carbons (Fsp3) is 0.500. The number of carbonyl (C=O) groups is 2. The van der Waals surface area contributed by atoms with Crippen LogP contribution < -0.4 is 5.32 Å². The van der Waals surface area contributed by atoms with Gasteiger partial charge >= 0.3 is 5.97 Å². The molecule has 0 aromatic heterocycles. The molecule has 0 aliphatic heterocycles. The molecule has 0 rings (SSSR count). The van der Waals surface area contributed by atoms with Gasteiger partial charge in [-0.25, -0.2) is 0 Å². The predicted molar refractivity (Wildman–Crippen MR) is 26.3 cm³/mol. The van der Waals surface area contributed by atoms with Crippen LogP contribution in [0.25, 0.3) is 0 Å². The Kier molecular flexibility index (Phi) is 1.15. The second-order valence-electron chi connectivity index (χ2n) is 1.08. The minimum Gasteiger partial charge on any atom is -0.480 e. The van der Waals surface area contributed by atoms with Gasteiger partial charge in [0.2, 0.25) is 5.91 Å². The molecule has 0 saturated heterocycles. The van der Waals surface area contributed by atoms with Crippen LogP contribution in [0.5, 0.6) is 0 Å². The number of carboxylic acids is 1. The van der Waals surface area contributed by atoms with E-state index in [4.69, 9.17) is 9.22 Å². The smallest absolute Gasteiger partial charge is 0.322 e. The average Bonchev–Trinajstić information content (AvgIpc) is 1.80. The first-order chi connectivity index (χ1) is 4.84. The molecule has 0 unspecified atom stereocenters. The fourth-order valence-corrected chi connectivity index (χ4v) is 0.156. The Hall–Kier alpha value is -1.06. The van der Waals surface area contributed by atoms with Crippen LogP contribution >= 0.6 is 0 Å². The van der Waals surface area contributed by atoms with Gasteiger partial charge in [-0.05, 0) is 0 Å². The maximum absolute atomic E-state index is 10.4. The van der Waals surface area contributed by atoms with E-state index < -0.39 is 25.3 Å². The van der Waals surface area contributed by atoms with Crippen LogP contribution in [0.15, 0.2) is 0 Å². The first-order valence-electron chi connectivity index (χ1n) is 3.34. The Bertz CT molecular complexity index is 176. The van der Waals surface area contributed by atoms with Crippen LogP contribution in [0.2, 0.25) is 0 Å². The summed E-state index contributed by atoms with van der Waals surface area (Å²) in [6.07, 6.45) is 0. The normalized spacial score (nSPS) is 15.2. The number of carboxylic acid groups (broad SMARTS) is 1. The van der Waals surface area contributed by atoms with Crippen molar-refractivity contribution in [2.24, 2.45) is 0 Å². The standard InChI is InChI=1S/C4H7NO3/c1-3(6)5-2-4(7)8/h2H2,1H3,(H,5,6)(H,7,8)/i1D3. The summed E-state index contributed by atoms with van der Waals surface area (Å²) in [4.78, 5) is 20.3. The van der Waals surface area contributed by atoms with Crippen molar-refractivity contribution < 1.29 is 18.8 Å². The van der Waals surface area contributed by atoms with E-state index >= 15 is 0 Å². The molecule has 0 radical (unpaired) electrons. The van der Waals surface area contributed by atoms with Crippen molar-refractivity contribution >= 4 is 11.9 Å². The maximum atomic E-state index is 10.4. The third-order valence-electron chi connectivity index (χ3n) is 0.400. The second-order valence-corrected chi connectivity index (χ2v) is 1.08. The summed E-state index contributed by atoms with van der Waals surface area (Å²) in [5.74, 6) is -2.53. The number of hydrogen-bond acceptors (Lipinski definition) is 2. The summed E-state index contributed by atoms with van der Waals surface area (Å²) in [5.41, 5.74) is 0. The van der Waals surface area contributed by atoms with Gasteiger partial charge in [0.15, 0.2) is 0 Å². The maximum Gasteiger partial charge on any atom is 0.322 e. The molecule has 0 saturated carbocycles. The molecule has 2 N–H and O–H groups in total. The van der Waals surface area contributed by atoms with Crippen molar-refractivity contribution in [2.75, 3.05) is 6.54 Å². The molecule has 0 atom stereocenters. The molecule has 0 heterocycles.